The molecule has 2 atom stereocenters. The Hall–Kier alpha value is -0.506. The summed E-state index contributed by atoms with van der Waals surface area (Å²) < 4.78 is 20.8. The van der Waals surface area contributed by atoms with E-state index < -0.39 is 41.5 Å². The van der Waals surface area contributed by atoms with Crippen LogP contribution in [0, 0.1) is 5.92 Å². The molecule has 0 aliphatic heterocycles. The van der Waals surface area contributed by atoms with Gasteiger partial charge in [0.05, 0.1) is 0 Å². The van der Waals surface area contributed by atoms with Crippen molar-refractivity contribution in [3.05, 3.63) is 0 Å². The van der Waals surface area contributed by atoms with Crippen molar-refractivity contribution < 1.29 is 53.3 Å². The van der Waals surface area contributed by atoms with E-state index in [1.54, 1.807) is 13.8 Å². The molecule has 2 N–H and O–H groups in total. The molecule has 0 rings (SSSR count). The van der Waals surface area contributed by atoms with Gasteiger partial charge in [0.25, 0.3) is 0 Å². The van der Waals surface area contributed by atoms with Crippen LogP contribution in [-0.4, -0.2) is 61.3 Å². The predicted molar refractivity (Wildman–Crippen MR) is 82.7 cm³/mol. The summed E-state index contributed by atoms with van der Waals surface area (Å²) in [6, 6.07) is 0. The molecule has 0 aliphatic rings. The summed E-state index contributed by atoms with van der Waals surface area (Å²) in [6.07, 6.45) is -3.14. The fourth-order valence-corrected chi connectivity index (χ4v) is 7.84. The van der Waals surface area contributed by atoms with Crippen molar-refractivity contribution in [3.8, 4) is 0 Å². The van der Waals surface area contributed by atoms with Crippen LogP contribution in [0.15, 0.2) is 0 Å². The molecule has 0 saturated carbocycles. The molecule has 0 aromatic heterocycles. The number of aliphatic hydroxyl groups excluding tert-OH is 2. The van der Waals surface area contributed by atoms with Crippen LogP contribution >= 0.6 is 0 Å². The zero-order valence-electron chi connectivity index (χ0n) is 15.3. The van der Waals surface area contributed by atoms with Crippen LogP contribution in [0.25, 0.3) is 0 Å². The van der Waals surface area contributed by atoms with Crippen LogP contribution in [0.2, 0.25) is 9.45 Å². The molecular weight excluding hydrogens is 356 g/mol. The molecule has 0 radical (unpaired) electrons. The summed E-state index contributed by atoms with van der Waals surface area (Å²) in [5, 5.41) is 20.1. The Labute approximate surface area is 147 Å². The molecule has 0 fully saturated rings. The second kappa shape index (κ2) is 11.2. The van der Waals surface area contributed by atoms with Gasteiger partial charge in [0.15, 0.2) is 0 Å². The minimum absolute atomic E-state index is 0.106. The number of rotatable bonds is 11. The minimum atomic E-state index is -3.93. The number of esters is 2. The molecule has 0 heterocycles. The van der Waals surface area contributed by atoms with Gasteiger partial charge in [0.1, 0.15) is 0 Å². The zero-order chi connectivity index (χ0) is 18.9. The number of methoxy groups -OCH3 is 2. The van der Waals surface area contributed by atoms with Gasteiger partial charge in [-0.2, -0.15) is 0 Å². The molecular formula is C15H30O8Ti. The summed E-state index contributed by atoms with van der Waals surface area (Å²) in [6.45, 7) is 7.78. The Morgan fingerprint density at radius 2 is 1.33 bits per heavy atom. The molecule has 24 heavy (non-hydrogen) atoms. The van der Waals surface area contributed by atoms with Crippen molar-refractivity contribution in [1.29, 1.82) is 0 Å². The summed E-state index contributed by atoms with van der Waals surface area (Å²) in [4.78, 5) is 23.2. The Morgan fingerprint density at radius 3 is 1.62 bits per heavy atom. The number of hydrogen-bond donors (Lipinski definition) is 2. The third-order valence-electron chi connectivity index (χ3n) is 3.09. The first-order valence-electron chi connectivity index (χ1n) is 7.90. The van der Waals surface area contributed by atoms with Crippen LogP contribution in [0.4, 0.5) is 0 Å². The van der Waals surface area contributed by atoms with E-state index >= 15 is 0 Å². The van der Waals surface area contributed by atoms with Gasteiger partial charge in [0, 0.05) is 0 Å². The Bertz CT molecular complexity index is 375. The second-order valence-electron chi connectivity index (χ2n) is 6.27. The van der Waals surface area contributed by atoms with Gasteiger partial charge in [-0.25, -0.2) is 0 Å². The van der Waals surface area contributed by atoms with E-state index in [0.717, 1.165) is 0 Å². The van der Waals surface area contributed by atoms with E-state index in [2.05, 4.69) is 9.47 Å². The average Bonchev–Trinajstić information content (AvgIpc) is 2.50. The van der Waals surface area contributed by atoms with E-state index in [0.29, 0.717) is 6.61 Å². The number of hydrogen-bond acceptors (Lipinski definition) is 8. The number of aliphatic hydroxyl groups is 2. The molecule has 0 amide bonds. The number of ether oxygens (including phenoxy) is 2. The van der Waals surface area contributed by atoms with E-state index in [1.165, 1.54) is 14.2 Å². The van der Waals surface area contributed by atoms with Gasteiger partial charge < -0.3 is 0 Å². The molecule has 0 spiro atoms. The van der Waals surface area contributed by atoms with Gasteiger partial charge >= 0.3 is 147 Å². The van der Waals surface area contributed by atoms with Crippen LogP contribution in [0.3, 0.4) is 0 Å². The van der Waals surface area contributed by atoms with Crippen molar-refractivity contribution in [2.45, 2.75) is 55.5 Å². The number of carbonyl (C=O) groups excluding carboxylic acids is 2. The maximum atomic E-state index is 11.6. The molecule has 2 unspecified atom stereocenters. The zero-order valence-corrected chi connectivity index (χ0v) is 16.8. The van der Waals surface area contributed by atoms with E-state index in [4.69, 9.17) is 6.64 Å². The Balaban J connectivity index is 5.48. The molecule has 8 nitrogen and oxygen atoms in total. The predicted octanol–water partition coefficient (Wildman–Crippen LogP) is 0.972. The van der Waals surface area contributed by atoms with E-state index in [9.17, 15) is 19.8 Å². The normalized spacial score (nSPS) is 16.6. The fraction of sp³-hybridized carbons (Fsp3) is 0.867. The monoisotopic (exact) mass is 386 g/mol. The van der Waals surface area contributed by atoms with Crippen molar-refractivity contribution in [3.63, 3.8) is 0 Å². The van der Waals surface area contributed by atoms with Crippen LogP contribution in [0.1, 0.15) is 27.7 Å². The third kappa shape index (κ3) is 8.55. The molecule has 9 heteroatoms. The quantitative estimate of drug-likeness (QED) is 0.399. The second-order valence-corrected chi connectivity index (χ2v) is 11.2. The van der Waals surface area contributed by atoms with Gasteiger partial charge in [-0.05, 0) is 0 Å². The van der Waals surface area contributed by atoms with Gasteiger partial charge in [-0.1, -0.05) is 0 Å². The fourth-order valence-electron chi connectivity index (χ4n) is 2.11. The molecule has 0 saturated heterocycles. The first-order valence-corrected chi connectivity index (χ1v) is 11.4. The average molecular weight is 386 g/mol. The summed E-state index contributed by atoms with van der Waals surface area (Å²) in [5.41, 5.74) is 0. The van der Waals surface area contributed by atoms with Gasteiger partial charge in [0.2, 0.25) is 0 Å². The van der Waals surface area contributed by atoms with Crippen molar-refractivity contribution >= 4 is 11.9 Å². The first kappa shape index (κ1) is 23.5. The van der Waals surface area contributed by atoms with Crippen molar-refractivity contribution in [2.75, 3.05) is 20.8 Å². The molecule has 0 aromatic rings. The molecule has 0 bridgehead atoms. The topological polar surface area (TPSA) is 112 Å². The summed E-state index contributed by atoms with van der Waals surface area (Å²) in [5.74, 6) is -1.44. The number of carbonyl (C=O) groups is 2. The van der Waals surface area contributed by atoms with Crippen LogP contribution in [-0.2, 0) is 43.1 Å². The molecule has 142 valence electrons. The van der Waals surface area contributed by atoms with Crippen molar-refractivity contribution in [1.82, 2.24) is 0 Å². The van der Waals surface area contributed by atoms with Gasteiger partial charge in [-0.15, -0.1) is 0 Å². The Kier molecular flexibility index (Phi) is 10.9. The van der Waals surface area contributed by atoms with Crippen LogP contribution < -0.4 is 0 Å². The molecule has 0 aromatic carbocycles. The third-order valence-corrected chi connectivity index (χ3v) is 8.72. The standard InChI is InChI=1S/2C4H7O3.C4H9O.C3H7O.Ti/c2*1-3(5)4(6)7-2;1-4(2)3-5;1-3(2)4;/h2*3,5H,1H2,2H3;4H,3H2,1-2H3;3H,1-2H3;/q;;2*-1;+2. The maximum absolute atomic E-state index is 11.6. The first-order chi connectivity index (χ1) is 11.1. The summed E-state index contributed by atoms with van der Waals surface area (Å²) >= 11 is -3.93. The van der Waals surface area contributed by atoms with Crippen molar-refractivity contribution in [2.24, 2.45) is 5.92 Å². The Morgan fingerprint density at radius 1 is 0.917 bits per heavy atom. The molecule has 0 aliphatic carbocycles. The summed E-state index contributed by atoms with van der Waals surface area (Å²) in [7, 11) is 2.34. The van der Waals surface area contributed by atoms with E-state index in [1.807, 2.05) is 13.8 Å². The van der Waals surface area contributed by atoms with Gasteiger partial charge in [-0.3, -0.25) is 0 Å². The van der Waals surface area contributed by atoms with E-state index in [-0.39, 0.29) is 21.5 Å². The van der Waals surface area contributed by atoms with Crippen LogP contribution in [0.5, 0.6) is 0 Å². The SMILES string of the molecule is COC(=O)C(O)[CH2][Ti]([CH2]C(O)C(=O)OC)([O]CC(C)C)[O]C(C)C.